The standard InChI is InChI=1S/C26H22BrClN2O4/c1-3-33-23-14-18(12-21(27)24(23)34-15-17-6-4-16(2)5-7-17)13-22-25(31)30(26(32)29-22)20-10-8-19(28)9-11-20/h4-14H,3,15H2,1-2H3,(H,29,32)/b22-13+. The number of anilines is 1. The second-order valence-electron chi connectivity index (χ2n) is 7.64. The highest BCUT2D eigenvalue weighted by atomic mass is 79.9. The summed E-state index contributed by atoms with van der Waals surface area (Å²) in [5.41, 5.74) is 3.47. The lowest BCUT2D eigenvalue weighted by atomic mass is 10.1. The number of halogens is 2. The number of ether oxygens (including phenoxy) is 2. The van der Waals surface area contributed by atoms with Crippen LogP contribution in [0.2, 0.25) is 5.02 Å². The van der Waals surface area contributed by atoms with Crippen LogP contribution in [-0.4, -0.2) is 18.5 Å². The van der Waals surface area contributed by atoms with Crippen LogP contribution in [0.25, 0.3) is 6.08 Å². The predicted octanol–water partition coefficient (Wildman–Crippen LogP) is 6.49. The number of hydrogen-bond acceptors (Lipinski definition) is 4. The van der Waals surface area contributed by atoms with Gasteiger partial charge in [0.05, 0.1) is 16.8 Å². The molecule has 1 fully saturated rings. The molecule has 3 amide bonds. The molecule has 0 aromatic heterocycles. The summed E-state index contributed by atoms with van der Waals surface area (Å²) in [6, 6.07) is 17.6. The number of carbonyl (C=O) groups excluding carboxylic acids is 2. The van der Waals surface area contributed by atoms with Crippen molar-refractivity contribution in [3.8, 4) is 11.5 Å². The first-order valence-corrected chi connectivity index (χ1v) is 11.8. The number of nitrogens with one attached hydrogen (secondary N) is 1. The smallest absolute Gasteiger partial charge is 0.333 e. The fraction of sp³-hybridized carbons (Fsp3) is 0.154. The number of rotatable bonds is 7. The number of aryl methyl sites for hydroxylation is 1. The Labute approximate surface area is 211 Å². The molecule has 8 heteroatoms. The molecule has 0 aliphatic carbocycles. The zero-order valence-electron chi connectivity index (χ0n) is 18.6. The van der Waals surface area contributed by atoms with Crippen molar-refractivity contribution in [2.45, 2.75) is 20.5 Å². The minimum absolute atomic E-state index is 0.155. The highest BCUT2D eigenvalue weighted by Gasteiger charge is 2.34. The molecule has 4 rings (SSSR count). The van der Waals surface area contributed by atoms with Crippen molar-refractivity contribution in [3.05, 3.63) is 92.5 Å². The van der Waals surface area contributed by atoms with Crippen LogP contribution < -0.4 is 19.7 Å². The van der Waals surface area contributed by atoms with Crippen LogP contribution in [0.5, 0.6) is 11.5 Å². The third kappa shape index (κ3) is 5.26. The van der Waals surface area contributed by atoms with Crippen LogP contribution in [0, 0.1) is 6.92 Å². The second kappa shape index (κ2) is 10.3. The van der Waals surface area contributed by atoms with E-state index in [2.05, 4.69) is 21.2 Å². The van der Waals surface area contributed by atoms with Gasteiger partial charge in [-0.05, 0) is 83.4 Å². The van der Waals surface area contributed by atoms with Crippen LogP contribution in [0.15, 0.2) is 70.8 Å². The van der Waals surface area contributed by atoms with Crippen LogP contribution in [0.1, 0.15) is 23.6 Å². The van der Waals surface area contributed by atoms with E-state index in [0.717, 1.165) is 10.5 Å². The molecular formula is C26H22BrClN2O4. The molecule has 3 aromatic rings. The lowest BCUT2D eigenvalue weighted by Crippen LogP contribution is -2.30. The molecule has 1 aliphatic heterocycles. The van der Waals surface area contributed by atoms with E-state index < -0.39 is 11.9 Å². The van der Waals surface area contributed by atoms with Gasteiger partial charge in [-0.25, -0.2) is 9.69 Å². The maximum Gasteiger partial charge on any atom is 0.333 e. The third-order valence-corrected chi connectivity index (χ3v) is 5.95. The lowest BCUT2D eigenvalue weighted by molar-refractivity contribution is -0.113. The van der Waals surface area contributed by atoms with Gasteiger partial charge in [0.25, 0.3) is 5.91 Å². The van der Waals surface area contributed by atoms with Crippen LogP contribution in [0.3, 0.4) is 0 Å². The Morgan fingerprint density at radius 3 is 2.41 bits per heavy atom. The number of benzene rings is 3. The van der Waals surface area contributed by atoms with Crippen LogP contribution in [0.4, 0.5) is 10.5 Å². The van der Waals surface area contributed by atoms with E-state index in [0.29, 0.717) is 45.5 Å². The number of imide groups is 1. The molecule has 174 valence electrons. The summed E-state index contributed by atoms with van der Waals surface area (Å²) in [4.78, 5) is 26.5. The Hall–Kier alpha value is -3.29. The normalized spacial score (nSPS) is 14.5. The molecule has 0 spiro atoms. The van der Waals surface area contributed by atoms with Gasteiger partial charge in [-0.1, -0.05) is 41.4 Å². The Balaban J connectivity index is 1.59. The van der Waals surface area contributed by atoms with Crippen LogP contribution >= 0.6 is 27.5 Å². The third-order valence-electron chi connectivity index (χ3n) is 5.11. The van der Waals surface area contributed by atoms with E-state index >= 15 is 0 Å². The van der Waals surface area contributed by atoms with Gasteiger partial charge in [0.1, 0.15) is 12.3 Å². The first-order chi connectivity index (χ1) is 16.4. The SMILES string of the molecule is CCOc1cc(/C=C2/NC(=O)N(c3ccc(Cl)cc3)C2=O)cc(Br)c1OCc1ccc(C)cc1. The number of urea groups is 1. The Morgan fingerprint density at radius 2 is 1.74 bits per heavy atom. The van der Waals surface area contributed by atoms with Crippen molar-refractivity contribution >= 4 is 51.2 Å². The molecule has 0 atom stereocenters. The summed E-state index contributed by atoms with van der Waals surface area (Å²) < 4.78 is 12.5. The van der Waals surface area contributed by atoms with Gasteiger partial charge in [0.2, 0.25) is 0 Å². The summed E-state index contributed by atoms with van der Waals surface area (Å²) in [6.07, 6.45) is 1.60. The molecule has 0 saturated carbocycles. The van der Waals surface area contributed by atoms with Gasteiger partial charge < -0.3 is 14.8 Å². The van der Waals surface area contributed by atoms with Crippen LogP contribution in [-0.2, 0) is 11.4 Å². The van der Waals surface area contributed by atoms with E-state index in [1.807, 2.05) is 44.2 Å². The van der Waals surface area contributed by atoms with Gasteiger partial charge in [-0.2, -0.15) is 0 Å². The van der Waals surface area contributed by atoms with E-state index in [1.54, 1.807) is 36.4 Å². The van der Waals surface area contributed by atoms with E-state index in [9.17, 15) is 9.59 Å². The summed E-state index contributed by atoms with van der Waals surface area (Å²) in [6.45, 7) is 4.73. The van der Waals surface area contributed by atoms with Crippen molar-refractivity contribution in [1.82, 2.24) is 5.32 Å². The molecule has 1 aliphatic rings. The van der Waals surface area contributed by atoms with Gasteiger partial charge in [-0.15, -0.1) is 0 Å². The molecule has 0 radical (unpaired) electrons. The average molecular weight is 542 g/mol. The highest BCUT2D eigenvalue weighted by Crippen LogP contribution is 2.38. The fourth-order valence-corrected chi connectivity index (χ4v) is 4.14. The minimum Gasteiger partial charge on any atom is -0.490 e. The van der Waals surface area contributed by atoms with E-state index in [1.165, 1.54) is 5.56 Å². The number of hydrogen-bond donors (Lipinski definition) is 1. The number of nitrogens with zero attached hydrogens (tertiary/aromatic N) is 1. The minimum atomic E-state index is -0.527. The van der Waals surface area contributed by atoms with Crippen molar-refractivity contribution in [1.29, 1.82) is 0 Å². The van der Waals surface area contributed by atoms with E-state index in [-0.39, 0.29) is 5.70 Å². The topological polar surface area (TPSA) is 67.9 Å². The maximum absolute atomic E-state index is 12.9. The largest absolute Gasteiger partial charge is 0.490 e. The molecule has 0 bridgehead atoms. The molecule has 1 heterocycles. The molecular weight excluding hydrogens is 520 g/mol. The quantitative estimate of drug-likeness (QED) is 0.274. The number of amides is 3. The second-order valence-corrected chi connectivity index (χ2v) is 8.93. The molecule has 3 aromatic carbocycles. The maximum atomic E-state index is 12.9. The van der Waals surface area contributed by atoms with Crippen molar-refractivity contribution in [2.24, 2.45) is 0 Å². The van der Waals surface area contributed by atoms with E-state index in [4.69, 9.17) is 21.1 Å². The zero-order chi connectivity index (χ0) is 24.2. The summed E-state index contributed by atoms with van der Waals surface area (Å²) in [5.74, 6) is 0.636. The molecule has 1 saturated heterocycles. The Bertz CT molecular complexity index is 1260. The number of carbonyl (C=O) groups is 2. The Morgan fingerprint density at radius 1 is 1.03 bits per heavy atom. The van der Waals surface area contributed by atoms with Gasteiger partial charge in [0, 0.05) is 5.02 Å². The monoisotopic (exact) mass is 540 g/mol. The molecule has 34 heavy (non-hydrogen) atoms. The first kappa shape index (κ1) is 23.9. The molecule has 6 nitrogen and oxygen atoms in total. The lowest BCUT2D eigenvalue weighted by Gasteiger charge is -2.15. The van der Waals surface area contributed by atoms with Crippen molar-refractivity contribution in [2.75, 3.05) is 11.5 Å². The predicted molar refractivity (Wildman–Crippen MR) is 136 cm³/mol. The molecule has 1 N–H and O–H groups in total. The Kier molecular flexibility index (Phi) is 7.24. The molecule has 0 unspecified atom stereocenters. The summed E-state index contributed by atoms with van der Waals surface area (Å²) >= 11 is 9.47. The average Bonchev–Trinajstić information content (AvgIpc) is 3.08. The van der Waals surface area contributed by atoms with Gasteiger partial charge in [0.15, 0.2) is 11.5 Å². The van der Waals surface area contributed by atoms with Crippen molar-refractivity contribution in [3.63, 3.8) is 0 Å². The fourth-order valence-electron chi connectivity index (χ4n) is 3.44. The van der Waals surface area contributed by atoms with Gasteiger partial charge in [-0.3, -0.25) is 4.79 Å². The zero-order valence-corrected chi connectivity index (χ0v) is 20.9. The van der Waals surface area contributed by atoms with Gasteiger partial charge >= 0.3 is 6.03 Å². The first-order valence-electron chi connectivity index (χ1n) is 10.6. The summed E-state index contributed by atoms with van der Waals surface area (Å²) in [7, 11) is 0. The van der Waals surface area contributed by atoms with Crippen molar-refractivity contribution < 1.29 is 19.1 Å². The summed E-state index contributed by atoms with van der Waals surface area (Å²) in [5, 5.41) is 3.15. The highest BCUT2D eigenvalue weighted by molar-refractivity contribution is 9.10.